The first-order chi connectivity index (χ1) is 9.39. The summed E-state index contributed by atoms with van der Waals surface area (Å²) in [6.45, 7) is 6.16. The van der Waals surface area contributed by atoms with Crippen LogP contribution < -0.4 is 0 Å². The van der Waals surface area contributed by atoms with Crippen molar-refractivity contribution in [2.45, 2.75) is 39.4 Å². The highest BCUT2D eigenvalue weighted by atomic mass is 32.1. The van der Waals surface area contributed by atoms with Gasteiger partial charge in [-0.25, -0.2) is 4.79 Å². The number of aromatic nitrogens is 1. The summed E-state index contributed by atoms with van der Waals surface area (Å²) in [5, 5.41) is 9.24. The lowest BCUT2D eigenvalue weighted by molar-refractivity contribution is -0.0419. The molecule has 5 nitrogen and oxygen atoms in total. The molecule has 1 aliphatic heterocycles. The number of aromatic amines is 1. The SMILES string of the molecule is CCOC(=O)c1c2c([nH]c(=S)c1C#N)CC(C)(C)OC2. The summed E-state index contributed by atoms with van der Waals surface area (Å²) in [5.74, 6) is -0.524. The molecular formula is C14H16N2O3S. The van der Waals surface area contributed by atoms with Crippen LogP contribution in [0, 0.1) is 16.0 Å². The number of rotatable bonds is 2. The Morgan fingerprint density at radius 1 is 1.60 bits per heavy atom. The molecule has 0 saturated heterocycles. The average Bonchev–Trinajstić information content (AvgIpc) is 2.36. The first kappa shape index (κ1) is 14.7. The summed E-state index contributed by atoms with van der Waals surface area (Å²) < 4.78 is 11.0. The molecule has 0 fully saturated rings. The molecule has 0 spiro atoms. The number of nitrogens with zero attached hydrogens (tertiary/aromatic N) is 1. The van der Waals surface area contributed by atoms with Gasteiger partial charge in [-0.1, -0.05) is 12.2 Å². The Labute approximate surface area is 122 Å². The predicted octanol–water partition coefficient (Wildman–Crippen LogP) is 2.64. The lowest BCUT2D eigenvalue weighted by Crippen LogP contribution is -2.34. The molecule has 2 rings (SSSR count). The highest BCUT2D eigenvalue weighted by molar-refractivity contribution is 7.71. The van der Waals surface area contributed by atoms with Crippen molar-refractivity contribution in [1.29, 1.82) is 5.26 Å². The smallest absolute Gasteiger partial charge is 0.340 e. The van der Waals surface area contributed by atoms with Crippen LogP contribution in [0.3, 0.4) is 0 Å². The molecule has 0 radical (unpaired) electrons. The highest BCUT2D eigenvalue weighted by Gasteiger charge is 2.32. The summed E-state index contributed by atoms with van der Waals surface area (Å²) >= 11 is 5.18. The molecule has 1 aromatic rings. The quantitative estimate of drug-likeness (QED) is 0.670. The van der Waals surface area contributed by atoms with E-state index in [4.69, 9.17) is 21.7 Å². The van der Waals surface area contributed by atoms with Gasteiger partial charge >= 0.3 is 5.97 Å². The minimum Gasteiger partial charge on any atom is -0.462 e. The number of hydrogen-bond donors (Lipinski definition) is 1. The zero-order valence-corrected chi connectivity index (χ0v) is 12.5. The Hall–Kier alpha value is -1.71. The van der Waals surface area contributed by atoms with Crippen molar-refractivity contribution in [3.05, 3.63) is 27.0 Å². The molecule has 0 bridgehead atoms. The largest absolute Gasteiger partial charge is 0.462 e. The number of carbonyl (C=O) groups is 1. The molecule has 6 heteroatoms. The first-order valence-electron chi connectivity index (χ1n) is 6.39. The fourth-order valence-corrected chi connectivity index (χ4v) is 2.55. The number of carbonyl (C=O) groups excluding carboxylic acids is 1. The second-order valence-electron chi connectivity index (χ2n) is 5.22. The number of pyridine rings is 1. The Kier molecular flexibility index (Phi) is 3.93. The van der Waals surface area contributed by atoms with Gasteiger partial charge in [0, 0.05) is 17.7 Å². The van der Waals surface area contributed by atoms with E-state index in [2.05, 4.69) is 4.98 Å². The molecule has 106 valence electrons. The fraction of sp³-hybridized carbons (Fsp3) is 0.500. The molecule has 0 atom stereocenters. The Balaban J connectivity index is 2.66. The van der Waals surface area contributed by atoms with Gasteiger partial charge in [0.2, 0.25) is 0 Å². The number of hydrogen-bond acceptors (Lipinski definition) is 5. The van der Waals surface area contributed by atoms with E-state index in [0.717, 1.165) is 5.69 Å². The molecule has 1 aliphatic rings. The van der Waals surface area contributed by atoms with Crippen molar-refractivity contribution in [2.24, 2.45) is 0 Å². The molecule has 20 heavy (non-hydrogen) atoms. The van der Waals surface area contributed by atoms with Gasteiger partial charge in [0.05, 0.1) is 24.4 Å². The van der Waals surface area contributed by atoms with Gasteiger partial charge in [-0.15, -0.1) is 0 Å². The van der Waals surface area contributed by atoms with E-state index in [-0.39, 0.29) is 34.6 Å². The van der Waals surface area contributed by atoms with E-state index >= 15 is 0 Å². The third kappa shape index (κ3) is 2.60. The Morgan fingerprint density at radius 2 is 2.30 bits per heavy atom. The summed E-state index contributed by atoms with van der Waals surface area (Å²) in [5.41, 5.74) is 1.58. The van der Waals surface area contributed by atoms with Gasteiger partial charge in [-0.2, -0.15) is 5.26 Å². The van der Waals surface area contributed by atoms with Crippen LogP contribution in [0.1, 0.15) is 48.0 Å². The van der Waals surface area contributed by atoms with Gasteiger partial charge in [0.15, 0.2) is 0 Å². The Bertz CT molecular complexity index is 656. The van der Waals surface area contributed by atoms with Crippen LogP contribution in [0.4, 0.5) is 0 Å². The molecule has 0 amide bonds. The van der Waals surface area contributed by atoms with Crippen molar-refractivity contribution < 1.29 is 14.3 Å². The van der Waals surface area contributed by atoms with E-state index in [1.165, 1.54) is 0 Å². The Morgan fingerprint density at radius 3 is 2.90 bits per heavy atom. The number of nitriles is 1. The maximum absolute atomic E-state index is 12.1. The maximum atomic E-state index is 12.1. The lowest BCUT2D eigenvalue weighted by Gasteiger charge is -2.32. The summed E-state index contributed by atoms with van der Waals surface area (Å²) in [4.78, 5) is 15.2. The van der Waals surface area contributed by atoms with E-state index in [1.54, 1.807) is 6.92 Å². The lowest BCUT2D eigenvalue weighted by atomic mass is 9.92. The van der Waals surface area contributed by atoms with E-state index in [0.29, 0.717) is 12.0 Å². The van der Waals surface area contributed by atoms with Gasteiger partial charge in [-0.05, 0) is 20.8 Å². The summed E-state index contributed by atoms with van der Waals surface area (Å²) in [6.07, 6.45) is 0.601. The topological polar surface area (TPSA) is 75.1 Å². The van der Waals surface area contributed by atoms with Crippen molar-refractivity contribution in [3.8, 4) is 6.07 Å². The van der Waals surface area contributed by atoms with Crippen LogP contribution in [-0.4, -0.2) is 23.2 Å². The van der Waals surface area contributed by atoms with Crippen molar-refractivity contribution in [1.82, 2.24) is 4.98 Å². The second kappa shape index (κ2) is 5.35. The zero-order valence-electron chi connectivity index (χ0n) is 11.7. The third-order valence-corrected chi connectivity index (χ3v) is 3.51. The molecule has 2 heterocycles. The van der Waals surface area contributed by atoms with Crippen LogP contribution in [0.5, 0.6) is 0 Å². The van der Waals surface area contributed by atoms with Gasteiger partial charge < -0.3 is 14.5 Å². The monoisotopic (exact) mass is 292 g/mol. The van der Waals surface area contributed by atoms with Crippen molar-refractivity contribution in [2.75, 3.05) is 6.61 Å². The number of H-pyrrole nitrogens is 1. The van der Waals surface area contributed by atoms with Crippen molar-refractivity contribution >= 4 is 18.2 Å². The summed E-state index contributed by atoms with van der Waals surface area (Å²) in [6, 6.07) is 1.98. The molecule has 0 unspecified atom stereocenters. The average molecular weight is 292 g/mol. The van der Waals surface area contributed by atoms with Crippen molar-refractivity contribution in [3.63, 3.8) is 0 Å². The molecule has 1 N–H and O–H groups in total. The van der Waals surface area contributed by atoms with Crippen LogP contribution in [0.15, 0.2) is 0 Å². The van der Waals surface area contributed by atoms with Crippen LogP contribution in [0.25, 0.3) is 0 Å². The third-order valence-electron chi connectivity index (χ3n) is 3.21. The van der Waals surface area contributed by atoms with Gasteiger partial charge in [0.25, 0.3) is 0 Å². The molecule has 1 aromatic heterocycles. The van der Waals surface area contributed by atoms with Gasteiger partial charge in [-0.3, -0.25) is 0 Å². The normalized spacial score (nSPS) is 16.1. The maximum Gasteiger partial charge on any atom is 0.340 e. The number of nitrogens with one attached hydrogen (secondary N) is 1. The van der Waals surface area contributed by atoms with E-state index in [9.17, 15) is 10.1 Å². The minimum absolute atomic E-state index is 0.153. The first-order valence-corrected chi connectivity index (χ1v) is 6.79. The number of fused-ring (bicyclic) bond motifs is 1. The second-order valence-corrected chi connectivity index (χ2v) is 5.63. The predicted molar refractivity (Wildman–Crippen MR) is 74.9 cm³/mol. The standard InChI is InChI=1S/C14H16N2O3S/c1-4-18-13(17)11-8(6-15)12(20)16-10-5-14(2,3)19-7-9(10)11/h4-5,7H2,1-3H3,(H,16,20). The summed E-state index contributed by atoms with van der Waals surface area (Å²) in [7, 11) is 0. The highest BCUT2D eigenvalue weighted by Crippen LogP contribution is 2.30. The minimum atomic E-state index is -0.524. The molecule has 0 aliphatic carbocycles. The molecule has 0 saturated carbocycles. The number of ether oxygens (including phenoxy) is 2. The van der Waals surface area contributed by atoms with Crippen LogP contribution >= 0.6 is 12.2 Å². The van der Waals surface area contributed by atoms with Crippen LogP contribution in [0.2, 0.25) is 0 Å². The molecular weight excluding hydrogens is 276 g/mol. The zero-order chi connectivity index (χ0) is 14.9. The fourth-order valence-electron chi connectivity index (χ4n) is 2.28. The van der Waals surface area contributed by atoms with Gasteiger partial charge in [0.1, 0.15) is 16.3 Å². The van der Waals surface area contributed by atoms with E-state index < -0.39 is 5.97 Å². The van der Waals surface area contributed by atoms with E-state index in [1.807, 2.05) is 19.9 Å². The molecule has 0 aromatic carbocycles. The number of esters is 1. The van der Waals surface area contributed by atoms with Crippen LogP contribution in [-0.2, 0) is 22.5 Å².